The molecule has 0 radical (unpaired) electrons. The number of thiophene rings is 1. The minimum Gasteiger partial charge on any atom is -0.322 e. The van der Waals surface area contributed by atoms with Gasteiger partial charge in [0.05, 0.1) is 11.3 Å². The first-order valence-corrected chi connectivity index (χ1v) is 15.6. The van der Waals surface area contributed by atoms with Crippen molar-refractivity contribution >= 4 is 79.8 Å². The number of para-hydroxylation sites is 1. The Morgan fingerprint density at radius 2 is 1.76 bits per heavy atom. The van der Waals surface area contributed by atoms with Gasteiger partial charge in [0.2, 0.25) is 0 Å². The highest BCUT2D eigenvalue weighted by Crippen LogP contribution is 2.39. The van der Waals surface area contributed by atoms with Gasteiger partial charge >= 0.3 is 0 Å². The number of carbonyl (C=O) groups is 3. The van der Waals surface area contributed by atoms with E-state index in [-0.39, 0.29) is 16.6 Å². The Labute approximate surface area is 261 Å². The van der Waals surface area contributed by atoms with E-state index < -0.39 is 11.8 Å². The molecule has 1 aliphatic carbocycles. The van der Waals surface area contributed by atoms with E-state index in [1.54, 1.807) is 29.5 Å². The molecule has 212 valence electrons. The highest BCUT2D eigenvalue weighted by Gasteiger charge is 2.35. The maximum absolute atomic E-state index is 13.7. The summed E-state index contributed by atoms with van der Waals surface area (Å²) in [6.07, 6.45) is 5.56. The molecule has 1 saturated heterocycles. The van der Waals surface area contributed by atoms with Gasteiger partial charge in [0.1, 0.15) is 10.6 Å². The zero-order valence-corrected chi connectivity index (χ0v) is 26.2. The number of hydrogen-bond acceptors (Lipinski definition) is 5. The van der Waals surface area contributed by atoms with Crippen molar-refractivity contribution in [3.63, 3.8) is 0 Å². The van der Waals surface area contributed by atoms with Gasteiger partial charge in [0.15, 0.2) is 5.11 Å². The zero-order chi connectivity index (χ0) is 29.5. The number of thiocarbonyl (C=S) groups is 1. The fraction of sp³-hybridized carbons (Fsp3) is 0.188. The quantitative estimate of drug-likeness (QED) is 0.139. The van der Waals surface area contributed by atoms with Gasteiger partial charge in [-0.05, 0) is 111 Å². The van der Waals surface area contributed by atoms with Crippen molar-refractivity contribution in [1.29, 1.82) is 0 Å². The Bertz CT molecular complexity index is 1790. The summed E-state index contributed by atoms with van der Waals surface area (Å²) in [5, 5.41) is 6.62. The predicted molar refractivity (Wildman–Crippen MR) is 175 cm³/mol. The SMILES string of the molecule is Cc1cc(/C=C2/C(=O)NC(=S)N(c3ccc(Br)cc3)C2=O)c(C)n1-c1sc2c(c1C(=O)Nc1ccccc1)CCCC2. The fourth-order valence-electron chi connectivity index (χ4n) is 5.54. The van der Waals surface area contributed by atoms with E-state index in [4.69, 9.17) is 12.2 Å². The van der Waals surface area contributed by atoms with Crippen LogP contribution in [0.3, 0.4) is 0 Å². The number of nitrogens with one attached hydrogen (secondary N) is 2. The first-order valence-electron chi connectivity index (χ1n) is 13.6. The average molecular weight is 660 g/mol. The lowest BCUT2D eigenvalue weighted by atomic mass is 9.95. The molecule has 2 aliphatic rings. The summed E-state index contributed by atoms with van der Waals surface area (Å²) in [5.74, 6) is -1.17. The maximum atomic E-state index is 13.7. The normalized spacial score (nSPS) is 16.0. The average Bonchev–Trinajstić information content (AvgIpc) is 3.48. The lowest BCUT2D eigenvalue weighted by molar-refractivity contribution is -0.122. The number of fused-ring (bicyclic) bond motifs is 1. The predicted octanol–water partition coefficient (Wildman–Crippen LogP) is 6.88. The van der Waals surface area contributed by atoms with E-state index in [1.165, 1.54) is 9.78 Å². The summed E-state index contributed by atoms with van der Waals surface area (Å²) in [5.41, 5.74) is 5.54. The van der Waals surface area contributed by atoms with Gasteiger partial charge in [-0.15, -0.1) is 11.3 Å². The number of amides is 3. The van der Waals surface area contributed by atoms with E-state index in [2.05, 4.69) is 31.1 Å². The molecule has 1 fully saturated rings. The van der Waals surface area contributed by atoms with Crippen molar-refractivity contribution < 1.29 is 14.4 Å². The van der Waals surface area contributed by atoms with E-state index in [0.29, 0.717) is 11.3 Å². The summed E-state index contributed by atoms with van der Waals surface area (Å²) in [4.78, 5) is 42.9. The number of benzene rings is 2. The second-order valence-corrected chi connectivity index (χ2v) is 12.7. The Morgan fingerprint density at radius 1 is 1.05 bits per heavy atom. The van der Waals surface area contributed by atoms with Gasteiger partial charge in [-0.1, -0.05) is 34.1 Å². The van der Waals surface area contributed by atoms with E-state index in [0.717, 1.165) is 63.4 Å². The highest BCUT2D eigenvalue weighted by atomic mass is 79.9. The van der Waals surface area contributed by atoms with Crippen LogP contribution in [0.4, 0.5) is 11.4 Å². The highest BCUT2D eigenvalue weighted by molar-refractivity contribution is 9.10. The van der Waals surface area contributed by atoms with Gasteiger partial charge in [-0.3, -0.25) is 24.6 Å². The van der Waals surface area contributed by atoms with Crippen molar-refractivity contribution in [1.82, 2.24) is 9.88 Å². The molecule has 7 nitrogen and oxygen atoms in total. The van der Waals surface area contributed by atoms with Crippen LogP contribution in [-0.4, -0.2) is 27.4 Å². The molecular formula is C32H27BrN4O3S2. The zero-order valence-electron chi connectivity index (χ0n) is 23.0. The summed E-state index contributed by atoms with van der Waals surface area (Å²) in [6.45, 7) is 3.91. The van der Waals surface area contributed by atoms with E-state index in [1.807, 2.05) is 62.4 Å². The van der Waals surface area contributed by atoms with Gasteiger partial charge in [0.25, 0.3) is 17.7 Å². The standard InChI is InChI=1S/C32H27BrN4O3S2/c1-18-16-20(17-25-28(38)35-32(41)37(30(25)40)23-14-12-21(33)13-15-23)19(2)36(18)31-27(24-10-6-7-11-26(24)42-31)29(39)34-22-8-4-3-5-9-22/h3-5,8-9,12-17H,6-7,10-11H2,1-2H3,(H,34,39)(H,35,38,41)/b25-17-. The fourth-order valence-corrected chi connectivity index (χ4v) is 7.58. The second kappa shape index (κ2) is 11.4. The largest absolute Gasteiger partial charge is 0.322 e. The molecular weight excluding hydrogens is 632 g/mol. The number of halogens is 1. The first-order chi connectivity index (χ1) is 20.2. The molecule has 2 N–H and O–H groups in total. The molecule has 3 heterocycles. The van der Waals surface area contributed by atoms with Crippen LogP contribution in [0.1, 0.15) is 50.6 Å². The first kappa shape index (κ1) is 28.3. The van der Waals surface area contributed by atoms with Gasteiger partial charge in [-0.25, -0.2) is 0 Å². The van der Waals surface area contributed by atoms with Crippen LogP contribution in [0.15, 0.2) is 70.7 Å². The number of carbonyl (C=O) groups excluding carboxylic acids is 3. The number of rotatable bonds is 5. The van der Waals surface area contributed by atoms with Crippen LogP contribution in [-0.2, 0) is 22.4 Å². The van der Waals surface area contributed by atoms with Gasteiger partial charge < -0.3 is 9.88 Å². The molecule has 0 spiro atoms. The molecule has 42 heavy (non-hydrogen) atoms. The Balaban J connectivity index is 1.41. The lowest BCUT2D eigenvalue weighted by Crippen LogP contribution is -2.54. The molecule has 10 heteroatoms. The summed E-state index contributed by atoms with van der Waals surface area (Å²) >= 11 is 10.4. The van der Waals surface area contributed by atoms with Crippen molar-refractivity contribution in [3.05, 3.63) is 104 Å². The molecule has 0 saturated carbocycles. The molecule has 0 atom stereocenters. The Morgan fingerprint density at radius 3 is 2.50 bits per heavy atom. The lowest BCUT2D eigenvalue weighted by Gasteiger charge is -2.29. The minimum atomic E-state index is -0.544. The van der Waals surface area contributed by atoms with Crippen LogP contribution >= 0.6 is 39.5 Å². The van der Waals surface area contributed by atoms with Gasteiger partial charge in [0, 0.05) is 26.4 Å². The number of hydrogen-bond donors (Lipinski definition) is 2. The molecule has 2 aromatic carbocycles. The van der Waals surface area contributed by atoms with Crippen LogP contribution in [0.5, 0.6) is 0 Å². The Kier molecular flexibility index (Phi) is 7.69. The Hall–Kier alpha value is -3.86. The monoisotopic (exact) mass is 658 g/mol. The molecule has 1 aliphatic heterocycles. The van der Waals surface area contributed by atoms with Crippen LogP contribution in [0.2, 0.25) is 0 Å². The van der Waals surface area contributed by atoms with Crippen molar-refractivity contribution in [3.8, 4) is 5.00 Å². The third-order valence-electron chi connectivity index (χ3n) is 7.57. The number of aryl methyl sites for hydroxylation is 2. The molecule has 6 rings (SSSR count). The summed E-state index contributed by atoms with van der Waals surface area (Å²) in [7, 11) is 0. The van der Waals surface area contributed by atoms with E-state index >= 15 is 0 Å². The topological polar surface area (TPSA) is 83.4 Å². The van der Waals surface area contributed by atoms with Crippen LogP contribution < -0.4 is 15.5 Å². The molecule has 0 unspecified atom stereocenters. The van der Waals surface area contributed by atoms with Gasteiger partial charge in [-0.2, -0.15) is 0 Å². The van der Waals surface area contributed by atoms with Crippen molar-refractivity contribution in [2.24, 2.45) is 0 Å². The van der Waals surface area contributed by atoms with E-state index in [9.17, 15) is 14.4 Å². The van der Waals surface area contributed by atoms with Crippen LogP contribution in [0.25, 0.3) is 11.1 Å². The van der Waals surface area contributed by atoms with Crippen molar-refractivity contribution in [2.45, 2.75) is 39.5 Å². The second-order valence-electron chi connectivity index (χ2n) is 10.3. The molecule has 2 aromatic heterocycles. The number of nitrogens with zero attached hydrogens (tertiary/aromatic N) is 2. The third kappa shape index (κ3) is 5.14. The third-order valence-corrected chi connectivity index (χ3v) is 9.66. The smallest absolute Gasteiger partial charge is 0.270 e. The summed E-state index contributed by atoms with van der Waals surface area (Å²) < 4.78 is 2.93. The maximum Gasteiger partial charge on any atom is 0.270 e. The molecule has 4 aromatic rings. The number of anilines is 2. The molecule has 3 amide bonds. The summed E-state index contributed by atoms with van der Waals surface area (Å²) in [6, 6.07) is 18.5. The molecule has 0 bridgehead atoms. The van der Waals surface area contributed by atoms with Crippen molar-refractivity contribution in [2.75, 3.05) is 10.2 Å². The number of aromatic nitrogens is 1. The minimum absolute atomic E-state index is 0.0145. The van der Waals surface area contributed by atoms with Crippen LogP contribution in [0, 0.1) is 13.8 Å².